The summed E-state index contributed by atoms with van der Waals surface area (Å²) in [4.78, 5) is 0. The van der Waals surface area contributed by atoms with Crippen LogP contribution in [0, 0.1) is 0 Å². The van der Waals surface area contributed by atoms with Crippen molar-refractivity contribution < 1.29 is 21.6 Å². The van der Waals surface area contributed by atoms with E-state index in [1.54, 1.807) is 6.07 Å². The normalized spacial score (nSPS) is 17.3. The molecule has 1 aliphatic rings. The zero-order chi connectivity index (χ0) is 14.3. The second-order valence-corrected chi connectivity index (χ2v) is 6.42. The third-order valence-corrected chi connectivity index (χ3v) is 4.87. The molecule has 0 aromatic heterocycles. The second-order valence-electron chi connectivity index (χ2n) is 4.49. The minimum absolute atomic E-state index is 0.125. The van der Waals surface area contributed by atoms with E-state index in [1.807, 2.05) is 19.1 Å². The summed E-state index contributed by atoms with van der Waals surface area (Å²) < 4.78 is 60.8. The fourth-order valence-electron chi connectivity index (χ4n) is 2.16. The summed E-state index contributed by atoms with van der Waals surface area (Å²) in [5.74, 6) is 0. The van der Waals surface area contributed by atoms with Gasteiger partial charge in [0, 0.05) is 13.1 Å². The van der Waals surface area contributed by atoms with Crippen molar-refractivity contribution in [2.75, 3.05) is 6.54 Å². The molecule has 0 fully saturated rings. The molecule has 0 saturated carbocycles. The van der Waals surface area contributed by atoms with Gasteiger partial charge in [-0.1, -0.05) is 25.1 Å². The monoisotopic (exact) mass is 293 g/mol. The number of hydrogen-bond donors (Lipinski definition) is 0. The van der Waals surface area contributed by atoms with E-state index in [4.69, 9.17) is 0 Å². The highest BCUT2D eigenvalue weighted by Crippen LogP contribution is 2.31. The Bertz CT molecular complexity index is 581. The molecule has 0 N–H and O–H groups in total. The Morgan fingerprint density at radius 2 is 1.95 bits per heavy atom. The predicted octanol–water partition coefficient (Wildman–Crippen LogP) is 2.46. The second kappa shape index (κ2) is 4.79. The topological polar surface area (TPSA) is 37.4 Å². The molecule has 106 valence electrons. The van der Waals surface area contributed by atoms with Crippen molar-refractivity contribution in [1.29, 1.82) is 0 Å². The zero-order valence-electron chi connectivity index (χ0n) is 10.4. The van der Waals surface area contributed by atoms with Gasteiger partial charge in [-0.05, 0) is 29.5 Å². The molecule has 0 aliphatic carbocycles. The molecule has 0 radical (unpaired) electrons. The molecule has 2 rings (SSSR count). The van der Waals surface area contributed by atoms with Gasteiger partial charge in [0.2, 0.25) is 0 Å². The van der Waals surface area contributed by atoms with Crippen molar-refractivity contribution in [3.63, 3.8) is 0 Å². The fraction of sp³-hybridized carbons (Fsp3) is 0.500. The molecule has 7 heteroatoms. The standard InChI is InChI=1S/C12H14F3NO2S/c1-2-9-3-4-10-5-6-16(8-11(10)7-9)19(17,18)12(13,14)15/h3-4,7H,2,5-6,8H2,1H3. The highest BCUT2D eigenvalue weighted by atomic mass is 32.2. The molecule has 1 aromatic rings. The maximum atomic E-state index is 12.5. The molecule has 0 saturated heterocycles. The summed E-state index contributed by atoms with van der Waals surface area (Å²) in [5, 5.41) is 0. The summed E-state index contributed by atoms with van der Waals surface area (Å²) in [5.41, 5.74) is -2.65. The van der Waals surface area contributed by atoms with E-state index < -0.39 is 15.5 Å². The number of aryl methyl sites for hydroxylation is 1. The van der Waals surface area contributed by atoms with E-state index in [0.29, 0.717) is 16.3 Å². The molecular formula is C12H14F3NO2S. The van der Waals surface area contributed by atoms with Crippen LogP contribution in [0.15, 0.2) is 18.2 Å². The summed E-state index contributed by atoms with van der Waals surface area (Å²) in [7, 11) is -5.23. The smallest absolute Gasteiger partial charge is 0.203 e. The number of fused-ring (bicyclic) bond motifs is 1. The van der Waals surface area contributed by atoms with Crippen molar-refractivity contribution >= 4 is 10.0 Å². The molecule has 1 aliphatic heterocycles. The minimum Gasteiger partial charge on any atom is -0.203 e. The van der Waals surface area contributed by atoms with Crippen LogP contribution in [0.5, 0.6) is 0 Å². The molecule has 0 unspecified atom stereocenters. The Hall–Kier alpha value is -1.08. The van der Waals surface area contributed by atoms with Crippen LogP contribution in [-0.2, 0) is 29.4 Å². The van der Waals surface area contributed by atoms with Gasteiger partial charge in [-0.25, -0.2) is 8.42 Å². The number of benzene rings is 1. The molecule has 3 nitrogen and oxygen atoms in total. The molecule has 0 amide bonds. The van der Waals surface area contributed by atoms with E-state index in [9.17, 15) is 21.6 Å². The number of sulfonamides is 1. The van der Waals surface area contributed by atoms with E-state index in [1.165, 1.54) is 0 Å². The maximum absolute atomic E-state index is 12.5. The SMILES string of the molecule is CCc1ccc2c(c1)CN(S(=O)(=O)C(F)(F)F)CC2. The van der Waals surface area contributed by atoms with E-state index in [-0.39, 0.29) is 13.1 Å². The lowest BCUT2D eigenvalue weighted by atomic mass is 9.98. The van der Waals surface area contributed by atoms with Crippen LogP contribution >= 0.6 is 0 Å². The lowest BCUT2D eigenvalue weighted by molar-refractivity contribution is -0.0492. The van der Waals surface area contributed by atoms with Gasteiger partial charge in [0.05, 0.1) is 0 Å². The predicted molar refractivity (Wildman–Crippen MR) is 64.9 cm³/mol. The van der Waals surface area contributed by atoms with Crippen LogP contribution in [0.3, 0.4) is 0 Å². The molecule has 0 spiro atoms. The van der Waals surface area contributed by atoms with Gasteiger partial charge >= 0.3 is 15.5 Å². The molecule has 1 heterocycles. The Balaban J connectivity index is 2.32. The molecule has 0 atom stereocenters. The Labute approximate surface area is 110 Å². The summed E-state index contributed by atoms with van der Waals surface area (Å²) >= 11 is 0. The maximum Gasteiger partial charge on any atom is 0.511 e. The fourth-order valence-corrected chi connectivity index (χ4v) is 3.09. The van der Waals surface area contributed by atoms with Gasteiger partial charge in [-0.3, -0.25) is 0 Å². The Morgan fingerprint density at radius 1 is 1.26 bits per heavy atom. The average Bonchev–Trinajstić information content (AvgIpc) is 2.36. The van der Waals surface area contributed by atoms with Gasteiger partial charge < -0.3 is 0 Å². The quantitative estimate of drug-likeness (QED) is 0.840. The third-order valence-electron chi connectivity index (χ3n) is 3.29. The molecule has 1 aromatic carbocycles. The van der Waals surface area contributed by atoms with Crippen LogP contribution in [-0.4, -0.2) is 24.8 Å². The number of nitrogens with zero attached hydrogens (tertiary/aromatic N) is 1. The zero-order valence-corrected chi connectivity index (χ0v) is 11.2. The first kappa shape index (κ1) is 14.3. The van der Waals surface area contributed by atoms with Crippen LogP contribution in [0.25, 0.3) is 0 Å². The van der Waals surface area contributed by atoms with Gasteiger partial charge in [0.1, 0.15) is 0 Å². The van der Waals surface area contributed by atoms with Crippen LogP contribution in [0.1, 0.15) is 23.6 Å². The number of halogens is 3. The van der Waals surface area contributed by atoms with Crippen molar-refractivity contribution in [1.82, 2.24) is 4.31 Å². The van der Waals surface area contributed by atoms with Crippen LogP contribution < -0.4 is 0 Å². The molecule has 19 heavy (non-hydrogen) atoms. The minimum atomic E-state index is -5.23. The highest BCUT2D eigenvalue weighted by Gasteiger charge is 2.50. The summed E-state index contributed by atoms with van der Waals surface area (Å²) in [6, 6.07) is 5.58. The molecule has 0 bridgehead atoms. The average molecular weight is 293 g/mol. The summed E-state index contributed by atoms with van der Waals surface area (Å²) in [6.45, 7) is 1.61. The molecular weight excluding hydrogens is 279 g/mol. The van der Waals surface area contributed by atoms with Crippen molar-refractivity contribution in [2.45, 2.75) is 31.8 Å². The summed E-state index contributed by atoms with van der Waals surface area (Å²) in [6.07, 6.45) is 1.08. The van der Waals surface area contributed by atoms with Crippen molar-refractivity contribution in [2.24, 2.45) is 0 Å². The van der Waals surface area contributed by atoms with Crippen molar-refractivity contribution in [3.8, 4) is 0 Å². The van der Waals surface area contributed by atoms with Gasteiger partial charge in [-0.15, -0.1) is 0 Å². The first-order valence-electron chi connectivity index (χ1n) is 5.93. The van der Waals surface area contributed by atoms with Gasteiger partial charge in [0.15, 0.2) is 0 Å². The van der Waals surface area contributed by atoms with Crippen LogP contribution in [0.4, 0.5) is 13.2 Å². The van der Waals surface area contributed by atoms with Gasteiger partial charge in [-0.2, -0.15) is 17.5 Å². The van der Waals surface area contributed by atoms with Crippen molar-refractivity contribution in [3.05, 3.63) is 34.9 Å². The Kier molecular flexibility index (Phi) is 3.61. The number of hydrogen-bond acceptors (Lipinski definition) is 2. The van der Waals surface area contributed by atoms with Crippen LogP contribution in [0.2, 0.25) is 0 Å². The first-order valence-corrected chi connectivity index (χ1v) is 7.37. The largest absolute Gasteiger partial charge is 0.511 e. The Morgan fingerprint density at radius 3 is 2.53 bits per heavy atom. The van der Waals surface area contributed by atoms with E-state index in [0.717, 1.165) is 17.5 Å². The lowest BCUT2D eigenvalue weighted by Gasteiger charge is -2.28. The number of rotatable bonds is 2. The van der Waals surface area contributed by atoms with E-state index in [2.05, 4.69) is 0 Å². The third kappa shape index (κ3) is 2.62. The van der Waals surface area contributed by atoms with Gasteiger partial charge in [0.25, 0.3) is 0 Å². The lowest BCUT2D eigenvalue weighted by Crippen LogP contribution is -2.43. The first-order chi connectivity index (χ1) is 8.75. The highest BCUT2D eigenvalue weighted by molar-refractivity contribution is 7.89. The van der Waals surface area contributed by atoms with E-state index >= 15 is 0 Å². The number of alkyl halides is 3.